The molecule has 0 atom stereocenters. The molecule has 3 rings (SSSR count). The lowest BCUT2D eigenvalue weighted by Gasteiger charge is -2.26. The molecular weight excluding hydrogens is 412 g/mol. The van der Waals surface area contributed by atoms with E-state index in [1.807, 2.05) is 0 Å². The van der Waals surface area contributed by atoms with Gasteiger partial charge in [0.05, 0.1) is 28.6 Å². The van der Waals surface area contributed by atoms with Crippen molar-refractivity contribution in [1.29, 1.82) is 0 Å². The van der Waals surface area contributed by atoms with Crippen LogP contribution in [-0.4, -0.2) is 49.9 Å². The van der Waals surface area contributed by atoms with Crippen LogP contribution >= 0.6 is 0 Å². The molecule has 1 aliphatic rings. The molecule has 0 unspecified atom stereocenters. The molecule has 154 valence electrons. The molecule has 0 bridgehead atoms. The van der Waals surface area contributed by atoms with Gasteiger partial charge in [0, 0.05) is 24.8 Å². The van der Waals surface area contributed by atoms with E-state index in [1.54, 1.807) is 0 Å². The van der Waals surface area contributed by atoms with Crippen LogP contribution in [-0.2, 0) is 14.8 Å². The molecule has 1 aliphatic heterocycles. The molecule has 2 aromatic rings. The smallest absolute Gasteiger partial charge is 0.306 e. The number of halogens is 2. The summed E-state index contributed by atoms with van der Waals surface area (Å²) in [6.45, 7) is 0.690. The normalized spacial score (nSPS) is 15.1. The topological polar surface area (TPSA) is 119 Å². The third-order valence-electron chi connectivity index (χ3n) is 4.19. The molecule has 1 fully saturated rings. The van der Waals surface area contributed by atoms with Gasteiger partial charge in [-0.25, -0.2) is 12.8 Å². The van der Waals surface area contributed by atoms with Crippen molar-refractivity contribution in [2.75, 3.05) is 31.6 Å². The number of nitro groups is 1. The molecule has 0 saturated carbocycles. The third kappa shape index (κ3) is 4.39. The maximum Gasteiger partial charge on any atom is 0.306 e. The Morgan fingerprint density at radius 2 is 1.76 bits per heavy atom. The first-order chi connectivity index (χ1) is 13.7. The average molecular weight is 427 g/mol. The van der Waals surface area contributed by atoms with Crippen LogP contribution in [0.25, 0.3) is 0 Å². The Balaban J connectivity index is 1.89. The molecule has 0 spiro atoms. The molecule has 2 aromatic carbocycles. The van der Waals surface area contributed by atoms with Crippen LogP contribution in [0.15, 0.2) is 41.3 Å². The number of ether oxygens (including phenoxy) is 1. The van der Waals surface area contributed by atoms with E-state index in [1.165, 1.54) is 0 Å². The van der Waals surface area contributed by atoms with Gasteiger partial charge in [-0.15, -0.1) is 0 Å². The molecule has 1 saturated heterocycles. The zero-order valence-corrected chi connectivity index (χ0v) is 15.6. The van der Waals surface area contributed by atoms with E-state index in [0.29, 0.717) is 0 Å². The lowest BCUT2D eigenvalue weighted by molar-refractivity contribution is -0.387. The number of nitrogens with one attached hydrogen (secondary N) is 1. The molecule has 1 N–H and O–H groups in total. The van der Waals surface area contributed by atoms with Gasteiger partial charge < -0.3 is 10.1 Å². The summed E-state index contributed by atoms with van der Waals surface area (Å²) >= 11 is 0. The van der Waals surface area contributed by atoms with Gasteiger partial charge in [-0.3, -0.25) is 14.9 Å². The minimum Gasteiger partial charge on any atom is -0.379 e. The van der Waals surface area contributed by atoms with Gasteiger partial charge in [-0.2, -0.15) is 8.70 Å². The predicted octanol–water partition coefficient (Wildman–Crippen LogP) is 2.15. The van der Waals surface area contributed by atoms with E-state index in [9.17, 15) is 32.1 Å². The van der Waals surface area contributed by atoms with Gasteiger partial charge in [-0.1, -0.05) is 0 Å². The van der Waals surface area contributed by atoms with E-state index < -0.39 is 43.7 Å². The largest absolute Gasteiger partial charge is 0.379 e. The minimum absolute atomic E-state index is 0.125. The van der Waals surface area contributed by atoms with Crippen LogP contribution in [0.2, 0.25) is 0 Å². The maximum absolute atomic E-state index is 14.2. The summed E-state index contributed by atoms with van der Waals surface area (Å²) in [5, 5.41) is 13.0. The van der Waals surface area contributed by atoms with Gasteiger partial charge in [0.15, 0.2) is 0 Å². The second kappa shape index (κ2) is 8.19. The summed E-state index contributed by atoms with van der Waals surface area (Å²) in [6.07, 6.45) is 0. The number of rotatable bonds is 5. The minimum atomic E-state index is -3.96. The Morgan fingerprint density at radius 3 is 2.41 bits per heavy atom. The fourth-order valence-corrected chi connectivity index (χ4v) is 4.14. The second-order valence-corrected chi connectivity index (χ2v) is 7.97. The number of anilines is 1. The number of nitrogens with zero attached hydrogens (tertiary/aromatic N) is 2. The van der Waals surface area contributed by atoms with Crippen LogP contribution in [0, 0.1) is 21.7 Å². The van der Waals surface area contributed by atoms with Crippen molar-refractivity contribution in [2.45, 2.75) is 4.90 Å². The number of carbonyl (C=O) groups is 1. The summed E-state index contributed by atoms with van der Waals surface area (Å²) in [7, 11) is -3.96. The average Bonchev–Trinajstić information content (AvgIpc) is 2.70. The van der Waals surface area contributed by atoms with Crippen LogP contribution in [0.5, 0.6) is 0 Å². The van der Waals surface area contributed by atoms with Crippen LogP contribution < -0.4 is 5.32 Å². The maximum atomic E-state index is 14.2. The fourth-order valence-electron chi connectivity index (χ4n) is 2.70. The van der Waals surface area contributed by atoms with Crippen molar-refractivity contribution in [2.24, 2.45) is 0 Å². The van der Waals surface area contributed by atoms with E-state index in [2.05, 4.69) is 5.32 Å². The summed E-state index contributed by atoms with van der Waals surface area (Å²) in [4.78, 5) is 22.0. The zero-order valence-electron chi connectivity index (χ0n) is 14.8. The summed E-state index contributed by atoms with van der Waals surface area (Å²) in [5.74, 6) is -3.12. The van der Waals surface area contributed by atoms with Gasteiger partial charge >= 0.3 is 5.69 Å². The number of morpholine rings is 1. The number of nitro benzene ring substituents is 1. The van der Waals surface area contributed by atoms with Crippen molar-refractivity contribution in [3.63, 3.8) is 0 Å². The number of hydrogen-bond donors (Lipinski definition) is 1. The summed E-state index contributed by atoms with van der Waals surface area (Å²) in [5.41, 5.74) is -1.60. The quantitative estimate of drug-likeness (QED) is 0.577. The van der Waals surface area contributed by atoms with E-state index >= 15 is 0 Å². The van der Waals surface area contributed by atoms with Gasteiger partial charge in [0.25, 0.3) is 5.91 Å². The molecule has 1 heterocycles. The Morgan fingerprint density at radius 1 is 1.10 bits per heavy atom. The van der Waals surface area contributed by atoms with Crippen molar-refractivity contribution in [3.8, 4) is 0 Å². The third-order valence-corrected chi connectivity index (χ3v) is 6.09. The second-order valence-electron chi connectivity index (χ2n) is 6.04. The highest BCUT2D eigenvalue weighted by Crippen LogP contribution is 2.24. The van der Waals surface area contributed by atoms with E-state index in [4.69, 9.17) is 4.74 Å². The van der Waals surface area contributed by atoms with Crippen LogP contribution in [0.1, 0.15) is 10.4 Å². The van der Waals surface area contributed by atoms with Gasteiger partial charge in [0.1, 0.15) is 5.82 Å². The Labute approximate surface area is 164 Å². The highest BCUT2D eigenvalue weighted by molar-refractivity contribution is 7.89. The molecule has 1 amide bonds. The summed E-state index contributed by atoms with van der Waals surface area (Å²) < 4.78 is 59.2. The molecule has 0 aromatic heterocycles. The van der Waals surface area contributed by atoms with E-state index in [0.717, 1.165) is 40.7 Å². The predicted molar refractivity (Wildman–Crippen MR) is 97.0 cm³/mol. The first-order valence-electron chi connectivity index (χ1n) is 8.33. The number of carbonyl (C=O) groups excluding carboxylic acids is 1. The number of benzene rings is 2. The van der Waals surface area contributed by atoms with Crippen LogP contribution in [0.4, 0.5) is 20.2 Å². The van der Waals surface area contributed by atoms with E-state index in [-0.39, 0.29) is 36.9 Å². The Kier molecular flexibility index (Phi) is 5.86. The molecular formula is C17H15F2N3O6S. The lowest BCUT2D eigenvalue weighted by Crippen LogP contribution is -2.40. The summed E-state index contributed by atoms with van der Waals surface area (Å²) in [6, 6.07) is 5.39. The fraction of sp³-hybridized carbons (Fsp3) is 0.235. The highest BCUT2D eigenvalue weighted by atomic mass is 32.2. The molecule has 0 aliphatic carbocycles. The monoisotopic (exact) mass is 427 g/mol. The highest BCUT2D eigenvalue weighted by Gasteiger charge is 2.28. The lowest BCUT2D eigenvalue weighted by atomic mass is 10.2. The first kappa shape index (κ1) is 20.8. The standard InChI is InChI=1S/C17H15F2N3O6S/c18-14-4-2-12(29(26,27)21-5-7-28-8-6-21)10-13(14)17(23)20-11-1-3-15(19)16(9-11)22(24)25/h1-4,9-10H,5-8H2,(H,20,23). The first-order valence-corrected chi connectivity index (χ1v) is 9.77. The van der Waals surface area contributed by atoms with Crippen molar-refractivity contribution in [1.82, 2.24) is 4.31 Å². The number of sulfonamides is 1. The molecule has 9 nitrogen and oxygen atoms in total. The molecule has 0 radical (unpaired) electrons. The number of amides is 1. The van der Waals surface area contributed by atoms with Gasteiger partial charge in [0.2, 0.25) is 15.8 Å². The molecule has 29 heavy (non-hydrogen) atoms. The Bertz CT molecular complexity index is 1070. The Hall–Kier alpha value is -2.96. The van der Waals surface area contributed by atoms with Crippen LogP contribution in [0.3, 0.4) is 0 Å². The van der Waals surface area contributed by atoms with Crippen molar-refractivity contribution < 1.29 is 31.7 Å². The van der Waals surface area contributed by atoms with Gasteiger partial charge in [-0.05, 0) is 30.3 Å². The molecule has 12 heteroatoms. The zero-order chi connectivity index (χ0) is 21.2. The SMILES string of the molecule is O=C(Nc1ccc(F)c([N+](=O)[O-])c1)c1cc(S(=O)(=O)N2CCOCC2)ccc1F. The number of hydrogen-bond acceptors (Lipinski definition) is 6. The van der Waals surface area contributed by atoms with Crippen molar-refractivity contribution >= 4 is 27.3 Å². The van der Waals surface area contributed by atoms with Crippen molar-refractivity contribution in [3.05, 3.63) is 63.7 Å².